The fourth-order valence-corrected chi connectivity index (χ4v) is 4.66. The smallest absolute Gasteiger partial charge is 0.263 e. The molecule has 6 heteroatoms. The molecule has 184 valence electrons. The zero-order valence-electron chi connectivity index (χ0n) is 20.5. The molecule has 0 unspecified atom stereocenters. The number of amides is 2. The third-order valence-electron chi connectivity index (χ3n) is 6.34. The summed E-state index contributed by atoms with van der Waals surface area (Å²) in [6.07, 6.45) is 3.70. The van der Waals surface area contributed by atoms with Crippen LogP contribution in [0.15, 0.2) is 89.7 Å². The van der Waals surface area contributed by atoms with E-state index in [1.165, 1.54) is 23.0 Å². The van der Waals surface area contributed by atoms with E-state index in [1.807, 2.05) is 18.2 Å². The molecule has 2 N–H and O–H groups in total. The Morgan fingerprint density at radius 1 is 0.861 bits per heavy atom. The second-order valence-corrected chi connectivity index (χ2v) is 8.86. The average molecular weight is 482 g/mol. The zero-order chi connectivity index (χ0) is 25.5. The van der Waals surface area contributed by atoms with Gasteiger partial charge in [0.05, 0.1) is 17.8 Å². The fraction of sp³-hybridized carbons (Fsp3) is 0.233. The number of rotatable bonds is 6. The number of primary amides is 1. The first-order valence-corrected chi connectivity index (χ1v) is 12.3. The van der Waals surface area contributed by atoms with Gasteiger partial charge in [-0.1, -0.05) is 80.1 Å². The number of carbonyl (C=O) groups is 2. The number of aromatic nitrogens is 1. The Hall–Kier alpha value is -4.19. The number of pyridine rings is 1. The molecule has 0 spiro atoms. The van der Waals surface area contributed by atoms with E-state index in [4.69, 9.17) is 5.73 Å². The lowest BCUT2D eigenvalue weighted by Crippen LogP contribution is -2.33. The van der Waals surface area contributed by atoms with Crippen LogP contribution in [0.5, 0.6) is 0 Å². The van der Waals surface area contributed by atoms with Gasteiger partial charge in [0.25, 0.3) is 11.5 Å². The zero-order valence-corrected chi connectivity index (χ0v) is 20.5. The molecular weight excluding hydrogens is 450 g/mol. The van der Waals surface area contributed by atoms with Gasteiger partial charge < -0.3 is 10.6 Å². The second kappa shape index (κ2) is 11.5. The molecule has 0 bridgehead atoms. The predicted octanol–water partition coefficient (Wildman–Crippen LogP) is 4.85. The number of likely N-dealkylation sites (tertiary alicyclic amines) is 1. The maximum Gasteiger partial charge on any atom is 0.263 e. The van der Waals surface area contributed by atoms with Gasteiger partial charge in [-0.05, 0) is 36.6 Å². The van der Waals surface area contributed by atoms with Crippen molar-refractivity contribution in [1.29, 1.82) is 0 Å². The van der Waals surface area contributed by atoms with Crippen molar-refractivity contribution >= 4 is 22.6 Å². The number of aryl methyl sites for hydroxylation is 1. The maximum atomic E-state index is 13.3. The van der Waals surface area contributed by atoms with E-state index >= 15 is 0 Å². The molecule has 0 radical (unpaired) electrons. The monoisotopic (exact) mass is 481 g/mol. The molecule has 1 aliphatic rings. The largest absolute Gasteiger partial charge is 0.366 e. The van der Waals surface area contributed by atoms with Crippen LogP contribution in [0.1, 0.15) is 47.8 Å². The number of fused-ring (bicyclic) bond motifs is 1. The van der Waals surface area contributed by atoms with E-state index in [1.54, 1.807) is 41.3 Å². The van der Waals surface area contributed by atoms with Crippen LogP contribution in [0.25, 0.3) is 16.5 Å². The first-order valence-electron chi connectivity index (χ1n) is 12.3. The van der Waals surface area contributed by atoms with Crippen LogP contribution < -0.4 is 11.3 Å². The summed E-state index contributed by atoms with van der Waals surface area (Å²) in [5, 5.41) is 0.940. The minimum atomic E-state index is -0.613. The Balaban J connectivity index is 0.000000286. The van der Waals surface area contributed by atoms with E-state index in [0.717, 1.165) is 6.42 Å². The molecule has 3 aromatic carbocycles. The van der Waals surface area contributed by atoms with E-state index in [-0.39, 0.29) is 23.6 Å². The lowest BCUT2D eigenvalue weighted by Gasteiger charge is -2.23. The Morgan fingerprint density at radius 3 is 2.06 bits per heavy atom. The highest BCUT2D eigenvalue weighted by Gasteiger charge is 2.26. The first-order chi connectivity index (χ1) is 17.5. The first kappa shape index (κ1) is 24.9. The maximum absolute atomic E-state index is 13.3. The van der Waals surface area contributed by atoms with Crippen LogP contribution in [0.2, 0.25) is 0 Å². The van der Waals surface area contributed by atoms with Gasteiger partial charge in [-0.2, -0.15) is 0 Å². The SMILES string of the molecule is CCCc1ccccc1.NC(=O)c1c(CN2CCCC2=O)n(-c2ccccc2)c(=O)c2ccccc12. The van der Waals surface area contributed by atoms with Crippen LogP contribution in [0.3, 0.4) is 0 Å². The van der Waals surface area contributed by atoms with Gasteiger partial charge >= 0.3 is 0 Å². The molecule has 1 aromatic heterocycles. The number of carbonyl (C=O) groups excluding carboxylic acids is 2. The second-order valence-electron chi connectivity index (χ2n) is 8.86. The van der Waals surface area contributed by atoms with Crippen molar-refractivity contribution in [2.45, 2.75) is 39.2 Å². The molecule has 1 fully saturated rings. The van der Waals surface area contributed by atoms with Crippen LogP contribution in [-0.4, -0.2) is 27.8 Å². The quantitative estimate of drug-likeness (QED) is 0.427. The van der Waals surface area contributed by atoms with Crippen molar-refractivity contribution in [2.24, 2.45) is 5.73 Å². The van der Waals surface area contributed by atoms with E-state index in [2.05, 4.69) is 37.3 Å². The van der Waals surface area contributed by atoms with Gasteiger partial charge in [-0.3, -0.25) is 19.0 Å². The van der Waals surface area contributed by atoms with Crippen LogP contribution >= 0.6 is 0 Å². The third kappa shape index (κ3) is 5.38. The number of hydrogen-bond donors (Lipinski definition) is 1. The lowest BCUT2D eigenvalue weighted by atomic mass is 10.0. The predicted molar refractivity (Wildman–Crippen MR) is 143 cm³/mol. The number of nitrogens with zero attached hydrogens (tertiary/aromatic N) is 2. The van der Waals surface area contributed by atoms with Crippen LogP contribution in [-0.2, 0) is 17.8 Å². The molecule has 36 heavy (non-hydrogen) atoms. The Kier molecular flexibility index (Phi) is 7.95. The number of nitrogens with two attached hydrogens (primary N) is 1. The minimum Gasteiger partial charge on any atom is -0.366 e. The summed E-state index contributed by atoms with van der Waals surface area (Å²) in [6, 6.07) is 26.6. The summed E-state index contributed by atoms with van der Waals surface area (Å²) in [7, 11) is 0. The van der Waals surface area contributed by atoms with Crippen molar-refractivity contribution in [3.63, 3.8) is 0 Å². The normalized spacial score (nSPS) is 12.9. The van der Waals surface area contributed by atoms with Crippen molar-refractivity contribution in [1.82, 2.24) is 9.47 Å². The van der Waals surface area contributed by atoms with E-state index < -0.39 is 5.91 Å². The summed E-state index contributed by atoms with van der Waals surface area (Å²) in [5.41, 5.74) is 8.31. The molecule has 0 aliphatic carbocycles. The Labute approximate surface area is 211 Å². The topological polar surface area (TPSA) is 85.4 Å². The van der Waals surface area contributed by atoms with Gasteiger partial charge in [0.2, 0.25) is 5.91 Å². The standard InChI is InChI=1S/C21H19N3O3.C9H12/c22-20(26)19-15-9-4-5-10-16(15)21(27)24(14-7-2-1-3-8-14)17(19)13-23-12-6-11-18(23)25;1-2-6-9-7-4-3-5-8-9/h1-5,7-10H,6,11-13H2,(H2,22,26);3-5,7-8H,2,6H2,1H3. The van der Waals surface area contributed by atoms with Gasteiger partial charge in [-0.25, -0.2) is 0 Å². The summed E-state index contributed by atoms with van der Waals surface area (Å²) in [4.78, 5) is 39.5. The highest BCUT2D eigenvalue weighted by molar-refractivity contribution is 6.07. The summed E-state index contributed by atoms with van der Waals surface area (Å²) in [5.74, 6) is -0.594. The van der Waals surface area contributed by atoms with Crippen molar-refractivity contribution in [3.8, 4) is 5.69 Å². The lowest BCUT2D eigenvalue weighted by molar-refractivity contribution is -0.128. The molecule has 1 saturated heterocycles. The van der Waals surface area contributed by atoms with Gasteiger partial charge in [0, 0.05) is 29.4 Å². The Morgan fingerprint density at radius 2 is 1.47 bits per heavy atom. The fourth-order valence-electron chi connectivity index (χ4n) is 4.66. The van der Waals surface area contributed by atoms with Crippen molar-refractivity contribution in [2.75, 3.05) is 6.54 Å². The minimum absolute atomic E-state index is 0.0191. The molecular formula is C30H31N3O3. The molecule has 0 atom stereocenters. The molecule has 4 aromatic rings. The number of para-hydroxylation sites is 1. The number of benzene rings is 3. The highest BCUT2D eigenvalue weighted by Crippen LogP contribution is 2.25. The van der Waals surface area contributed by atoms with E-state index in [9.17, 15) is 14.4 Å². The van der Waals surface area contributed by atoms with Crippen LogP contribution in [0, 0.1) is 0 Å². The summed E-state index contributed by atoms with van der Waals surface area (Å²) < 4.78 is 1.51. The van der Waals surface area contributed by atoms with Gasteiger partial charge in [0.15, 0.2) is 0 Å². The average Bonchev–Trinajstić information content (AvgIpc) is 3.30. The van der Waals surface area contributed by atoms with Gasteiger partial charge in [0.1, 0.15) is 0 Å². The summed E-state index contributed by atoms with van der Waals surface area (Å²) in [6.45, 7) is 2.98. The molecule has 2 amide bonds. The highest BCUT2D eigenvalue weighted by atomic mass is 16.2. The van der Waals surface area contributed by atoms with Gasteiger partial charge in [-0.15, -0.1) is 0 Å². The molecule has 0 saturated carbocycles. The molecule has 6 nitrogen and oxygen atoms in total. The Bertz CT molecular complexity index is 1410. The molecule has 1 aliphatic heterocycles. The van der Waals surface area contributed by atoms with Crippen LogP contribution in [0.4, 0.5) is 0 Å². The van der Waals surface area contributed by atoms with Crippen molar-refractivity contribution < 1.29 is 9.59 Å². The molecule has 5 rings (SSSR count). The summed E-state index contributed by atoms with van der Waals surface area (Å²) >= 11 is 0. The third-order valence-corrected chi connectivity index (χ3v) is 6.34. The van der Waals surface area contributed by atoms with Crippen molar-refractivity contribution in [3.05, 3.63) is 112 Å². The molecule has 2 heterocycles. The van der Waals surface area contributed by atoms with E-state index in [0.29, 0.717) is 35.1 Å². The number of hydrogen-bond acceptors (Lipinski definition) is 3.